The number of hydrogen-bond acceptors (Lipinski definition) is 8. The number of esters is 1. The van der Waals surface area contributed by atoms with Crippen LogP contribution in [-0.2, 0) is 38.7 Å². The van der Waals surface area contributed by atoms with Gasteiger partial charge in [0.15, 0.2) is 11.6 Å². The van der Waals surface area contributed by atoms with Crippen molar-refractivity contribution in [1.29, 1.82) is 0 Å². The maximum Gasteiger partial charge on any atom is 0.307 e. The SMILES string of the molecule is C=CCCC(=O)C(=O)[C@@H]1CCCCCCCN(S(=O)(=O)CC[Si](C)(C)C)C[C@H](CC(=O)OC(C)(C)C)C(=O)N2C[C@H]3[C@@H]([C@H]2C(=O)C1)C3(C)C. The van der Waals surface area contributed by atoms with Crippen molar-refractivity contribution in [2.75, 3.05) is 25.4 Å². The van der Waals surface area contributed by atoms with E-state index in [2.05, 4.69) is 40.1 Å². The van der Waals surface area contributed by atoms with Crippen LogP contribution in [0.25, 0.3) is 0 Å². The highest BCUT2D eigenvalue weighted by atomic mass is 32.2. The monoisotopic (exact) mass is 722 g/mol. The first kappa shape index (κ1) is 41.2. The van der Waals surface area contributed by atoms with Crippen molar-refractivity contribution in [2.24, 2.45) is 29.1 Å². The zero-order chi connectivity index (χ0) is 36.9. The van der Waals surface area contributed by atoms with Gasteiger partial charge in [0.1, 0.15) is 5.60 Å². The number of sulfonamides is 1. The molecule has 3 fully saturated rings. The molecule has 278 valence electrons. The van der Waals surface area contributed by atoms with Crippen molar-refractivity contribution in [3.05, 3.63) is 12.7 Å². The molecule has 3 rings (SSSR count). The number of carbonyl (C=O) groups is 5. The Morgan fingerprint density at radius 3 is 2.27 bits per heavy atom. The number of rotatable bonds is 11. The van der Waals surface area contributed by atoms with Crippen LogP contribution >= 0.6 is 0 Å². The number of Topliss-reactive ketones (excluding diaryl/α,β-unsaturated/α-hetero) is 3. The summed E-state index contributed by atoms with van der Waals surface area (Å²) in [4.78, 5) is 69.8. The van der Waals surface area contributed by atoms with Gasteiger partial charge in [-0.2, -0.15) is 0 Å². The summed E-state index contributed by atoms with van der Waals surface area (Å²) in [6, 6.07) is -0.231. The van der Waals surface area contributed by atoms with E-state index in [9.17, 15) is 32.4 Å². The lowest BCUT2D eigenvalue weighted by molar-refractivity contribution is -0.159. The molecule has 3 aliphatic rings. The lowest BCUT2D eigenvalue weighted by atomic mass is 9.85. The minimum Gasteiger partial charge on any atom is -0.460 e. The summed E-state index contributed by atoms with van der Waals surface area (Å²) in [7, 11) is -5.45. The summed E-state index contributed by atoms with van der Waals surface area (Å²) in [6.07, 6.45) is 5.59. The Morgan fingerprint density at radius 2 is 1.65 bits per heavy atom. The first-order valence-electron chi connectivity index (χ1n) is 18.3. The maximum atomic E-state index is 14.6. The van der Waals surface area contributed by atoms with Crippen molar-refractivity contribution in [3.63, 3.8) is 0 Å². The molecule has 0 bridgehead atoms. The van der Waals surface area contributed by atoms with E-state index >= 15 is 0 Å². The number of amides is 1. The fourth-order valence-corrected chi connectivity index (χ4v) is 12.1. The topological polar surface area (TPSA) is 135 Å². The van der Waals surface area contributed by atoms with Crippen molar-refractivity contribution in [3.8, 4) is 0 Å². The van der Waals surface area contributed by atoms with Crippen LogP contribution in [0, 0.1) is 29.1 Å². The Morgan fingerprint density at radius 1 is 1.02 bits per heavy atom. The van der Waals surface area contributed by atoms with Crippen LogP contribution in [0.3, 0.4) is 0 Å². The van der Waals surface area contributed by atoms with Crippen LogP contribution in [0.5, 0.6) is 0 Å². The Balaban J connectivity index is 2.02. The number of fused-ring (bicyclic) bond motifs is 3. The van der Waals surface area contributed by atoms with Gasteiger partial charge in [-0.15, -0.1) is 6.58 Å². The number of piperidine rings is 1. The number of ether oxygens (including phenoxy) is 1. The molecule has 0 radical (unpaired) electrons. The molecule has 1 aliphatic carbocycles. The van der Waals surface area contributed by atoms with Crippen molar-refractivity contribution in [1.82, 2.24) is 9.21 Å². The first-order valence-corrected chi connectivity index (χ1v) is 23.6. The van der Waals surface area contributed by atoms with Crippen molar-refractivity contribution in [2.45, 2.75) is 136 Å². The Hall–Kier alpha value is -2.18. The molecular weight excluding hydrogens is 661 g/mol. The molecule has 0 aromatic carbocycles. The minimum atomic E-state index is -3.74. The van der Waals surface area contributed by atoms with E-state index in [0.29, 0.717) is 38.3 Å². The largest absolute Gasteiger partial charge is 0.460 e. The third-order valence-corrected chi connectivity index (χ3v) is 14.5. The number of carbonyl (C=O) groups excluding carboxylic acids is 5. The van der Waals surface area contributed by atoms with E-state index in [1.807, 2.05) is 0 Å². The molecule has 49 heavy (non-hydrogen) atoms. The molecule has 0 N–H and O–H groups in total. The molecular formula is C37H62N2O8SSi. The molecule has 5 atom stereocenters. The van der Waals surface area contributed by atoms with E-state index in [4.69, 9.17) is 4.74 Å². The maximum absolute atomic E-state index is 14.6. The zero-order valence-electron chi connectivity index (χ0n) is 31.3. The van der Waals surface area contributed by atoms with Gasteiger partial charge in [-0.3, -0.25) is 24.0 Å². The van der Waals surface area contributed by atoms with E-state index in [1.54, 1.807) is 31.7 Å². The Labute approximate surface area is 296 Å². The Kier molecular flexibility index (Phi) is 13.8. The molecule has 2 aliphatic heterocycles. The summed E-state index contributed by atoms with van der Waals surface area (Å²) in [6.45, 7) is 19.8. The van der Waals surface area contributed by atoms with Gasteiger partial charge in [-0.05, 0) is 63.3 Å². The van der Waals surface area contributed by atoms with Gasteiger partial charge in [-0.1, -0.05) is 65.2 Å². The standard InChI is InChI=1S/C37H62N2O8SSi/c1-10-11-18-29(40)34(43)26-17-15-13-12-14-16-19-38(48(45,46)20-21-49(7,8)9)24-27(23-31(42)47-36(2,3)4)35(44)39-25-28-32(37(28,5)6)33(39)30(41)22-26/h10,26-28,32-33H,1,11-25H2,2-9H3/t26-,27+,28+,32+,33-/m1/s1. The number of nitrogens with zero attached hydrogens (tertiary/aromatic N) is 2. The van der Waals surface area contributed by atoms with Gasteiger partial charge >= 0.3 is 5.97 Å². The van der Waals surface area contributed by atoms with Gasteiger partial charge in [0.05, 0.1) is 24.1 Å². The van der Waals surface area contributed by atoms with Crippen molar-refractivity contribution < 1.29 is 37.1 Å². The van der Waals surface area contributed by atoms with Gasteiger partial charge in [0, 0.05) is 46.5 Å². The highest BCUT2D eigenvalue weighted by molar-refractivity contribution is 7.89. The zero-order valence-corrected chi connectivity index (χ0v) is 33.2. The van der Waals surface area contributed by atoms with Crippen LogP contribution in [-0.4, -0.2) is 92.0 Å². The quantitative estimate of drug-likeness (QED) is 0.113. The van der Waals surface area contributed by atoms with Gasteiger partial charge in [0.25, 0.3) is 0 Å². The normalized spacial score (nSPS) is 27.6. The summed E-state index contributed by atoms with van der Waals surface area (Å²) < 4.78 is 34.8. The summed E-state index contributed by atoms with van der Waals surface area (Å²) in [5.41, 5.74) is -0.992. The number of ketones is 3. The van der Waals surface area contributed by atoms with Crippen molar-refractivity contribution >= 4 is 47.3 Å². The minimum absolute atomic E-state index is 0.0137. The molecule has 2 saturated heterocycles. The molecule has 0 aromatic rings. The van der Waals surface area contributed by atoms with Gasteiger partial charge < -0.3 is 9.64 Å². The molecule has 0 aromatic heterocycles. The predicted molar refractivity (Wildman–Crippen MR) is 194 cm³/mol. The van der Waals surface area contributed by atoms with Crippen LogP contribution < -0.4 is 0 Å². The molecule has 0 unspecified atom stereocenters. The smallest absolute Gasteiger partial charge is 0.307 e. The average molecular weight is 723 g/mol. The molecule has 12 heteroatoms. The predicted octanol–water partition coefficient (Wildman–Crippen LogP) is 5.82. The third-order valence-electron chi connectivity index (χ3n) is 10.6. The molecule has 10 nitrogen and oxygen atoms in total. The summed E-state index contributed by atoms with van der Waals surface area (Å²) in [5.74, 6) is -4.17. The highest BCUT2D eigenvalue weighted by Gasteiger charge is 2.69. The van der Waals surface area contributed by atoms with Crippen LogP contribution in [0.4, 0.5) is 0 Å². The lowest BCUT2D eigenvalue weighted by Crippen LogP contribution is -2.51. The first-order chi connectivity index (χ1) is 22.6. The summed E-state index contributed by atoms with van der Waals surface area (Å²) in [5, 5.41) is 0. The third kappa shape index (κ3) is 11.4. The van der Waals surface area contributed by atoms with Crippen LogP contribution in [0.15, 0.2) is 12.7 Å². The van der Waals surface area contributed by atoms with E-state index < -0.39 is 65.0 Å². The van der Waals surface area contributed by atoms with Gasteiger partial charge in [-0.25, -0.2) is 12.7 Å². The second-order valence-electron chi connectivity index (χ2n) is 17.4. The number of allylic oxidation sites excluding steroid dienone is 1. The fourth-order valence-electron chi connectivity index (χ4n) is 7.57. The second-order valence-corrected chi connectivity index (χ2v) is 25.1. The van der Waals surface area contributed by atoms with Gasteiger partial charge in [0.2, 0.25) is 21.7 Å². The van der Waals surface area contributed by atoms with E-state index in [1.165, 1.54) is 4.31 Å². The van der Waals surface area contributed by atoms with Crippen LogP contribution in [0.1, 0.15) is 98.8 Å². The van der Waals surface area contributed by atoms with E-state index in [0.717, 1.165) is 19.3 Å². The fraction of sp³-hybridized carbons (Fsp3) is 0.811. The molecule has 1 saturated carbocycles. The summed E-state index contributed by atoms with van der Waals surface area (Å²) >= 11 is 0. The number of hydrogen-bond donors (Lipinski definition) is 0. The Bertz CT molecular complexity index is 1360. The molecule has 2 heterocycles. The second kappa shape index (κ2) is 16.4. The average Bonchev–Trinajstić information content (AvgIpc) is 3.29. The lowest BCUT2D eigenvalue weighted by Gasteiger charge is -2.35. The van der Waals surface area contributed by atoms with Crippen LogP contribution in [0.2, 0.25) is 25.7 Å². The van der Waals surface area contributed by atoms with E-state index in [-0.39, 0.29) is 61.1 Å². The molecule has 1 amide bonds. The highest BCUT2D eigenvalue weighted by Crippen LogP contribution is 2.65. The molecule has 0 spiro atoms.